The Labute approximate surface area is 240 Å². The number of hydrogen-bond acceptors (Lipinski definition) is 8. The van der Waals surface area contributed by atoms with E-state index < -0.39 is 0 Å². The van der Waals surface area contributed by atoms with Gasteiger partial charge in [0.05, 0.1) is 6.10 Å². The van der Waals surface area contributed by atoms with Gasteiger partial charge in [-0.1, -0.05) is 17.7 Å². The number of halogens is 1. The summed E-state index contributed by atoms with van der Waals surface area (Å²) >= 11 is 0. The molecule has 9 nitrogen and oxygen atoms in total. The van der Waals surface area contributed by atoms with Crippen LogP contribution in [0.4, 0.5) is 15.1 Å². The standard InChI is InChI=1S/C31H39FN6O3/c1-19(2)40-31(39)37-11-9-22(10-12-37)21(4)41-29-8-6-23(14-34-29)24-15-35-30(36-16-24)38-17-26(28(33)18-38)25-13-20(3)5-7-27(25)32/h5-8,13-16,19,21-22,26,28H,9-12,17-18,33H2,1-4H3/t21-,26-,28+/m1/s1. The number of benzene rings is 1. The fraction of sp³-hybridized carbons (Fsp3) is 0.484. The van der Waals surface area contributed by atoms with E-state index >= 15 is 0 Å². The van der Waals surface area contributed by atoms with Crippen molar-refractivity contribution in [2.75, 3.05) is 31.1 Å². The van der Waals surface area contributed by atoms with Gasteiger partial charge in [-0.2, -0.15) is 0 Å². The summed E-state index contributed by atoms with van der Waals surface area (Å²) in [6.07, 6.45) is 6.63. The number of hydrogen-bond donors (Lipinski definition) is 1. The molecule has 1 aromatic carbocycles. The molecule has 4 heterocycles. The van der Waals surface area contributed by atoms with Crippen LogP contribution in [-0.4, -0.2) is 70.4 Å². The SMILES string of the molecule is Cc1ccc(F)c([C@H]2CN(c3ncc(-c4ccc(O[C@H](C)C5CCN(C(=O)OC(C)C)CC5)nc4)cn3)C[C@@H]2N)c1. The molecule has 0 radical (unpaired) electrons. The fourth-order valence-corrected chi connectivity index (χ4v) is 5.64. The highest BCUT2D eigenvalue weighted by atomic mass is 19.1. The summed E-state index contributed by atoms with van der Waals surface area (Å²) in [6, 6.07) is 8.75. The van der Waals surface area contributed by atoms with Crippen molar-refractivity contribution in [2.24, 2.45) is 11.7 Å². The number of anilines is 1. The van der Waals surface area contributed by atoms with Crippen LogP contribution >= 0.6 is 0 Å². The Morgan fingerprint density at radius 2 is 1.71 bits per heavy atom. The maximum absolute atomic E-state index is 14.5. The number of carbonyl (C=O) groups is 1. The Bertz CT molecular complexity index is 1330. The van der Waals surface area contributed by atoms with Crippen molar-refractivity contribution in [3.05, 3.63) is 65.9 Å². The van der Waals surface area contributed by atoms with Crippen molar-refractivity contribution in [3.8, 4) is 17.0 Å². The molecular formula is C31H39FN6O3. The van der Waals surface area contributed by atoms with Gasteiger partial charge >= 0.3 is 6.09 Å². The van der Waals surface area contributed by atoms with Crippen molar-refractivity contribution in [2.45, 2.75) is 64.7 Å². The molecule has 2 N–H and O–H groups in total. The van der Waals surface area contributed by atoms with E-state index in [0.717, 1.165) is 29.5 Å². The first-order chi connectivity index (χ1) is 19.7. The molecule has 10 heteroatoms. The van der Waals surface area contributed by atoms with E-state index in [1.54, 1.807) is 29.6 Å². The van der Waals surface area contributed by atoms with Gasteiger partial charge in [0.15, 0.2) is 0 Å². The fourth-order valence-electron chi connectivity index (χ4n) is 5.64. The molecule has 218 valence electrons. The van der Waals surface area contributed by atoms with E-state index in [1.807, 2.05) is 43.9 Å². The summed E-state index contributed by atoms with van der Waals surface area (Å²) < 4.78 is 25.9. The minimum Gasteiger partial charge on any atom is -0.474 e. The monoisotopic (exact) mass is 562 g/mol. The zero-order valence-electron chi connectivity index (χ0n) is 24.2. The molecular weight excluding hydrogens is 523 g/mol. The lowest BCUT2D eigenvalue weighted by Gasteiger charge is -2.34. The largest absolute Gasteiger partial charge is 0.474 e. The van der Waals surface area contributed by atoms with Crippen LogP contribution in [-0.2, 0) is 4.74 Å². The summed E-state index contributed by atoms with van der Waals surface area (Å²) in [5.41, 5.74) is 9.79. The second-order valence-electron chi connectivity index (χ2n) is 11.4. The summed E-state index contributed by atoms with van der Waals surface area (Å²) in [6.45, 7) is 10.2. The summed E-state index contributed by atoms with van der Waals surface area (Å²) in [5.74, 6) is 1.12. The quantitative estimate of drug-likeness (QED) is 0.432. The molecule has 2 aliphatic rings. The lowest BCUT2D eigenvalue weighted by molar-refractivity contribution is 0.0486. The van der Waals surface area contributed by atoms with Crippen LogP contribution in [0.1, 0.15) is 50.7 Å². The number of nitrogens with zero attached hydrogens (tertiary/aromatic N) is 5. The zero-order chi connectivity index (χ0) is 29.1. The highest BCUT2D eigenvalue weighted by molar-refractivity contribution is 5.67. The Kier molecular flexibility index (Phi) is 8.68. The number of piperidine rings is 1. The smallest absolute Gasteiger partial charge is 0.410 e. The molecule has 0 bridgehead atoms. The Balaban J connectivity index is 1.15. The van der Waals surface area contributed by atoms with Gasteiger partial charge in [0.1, 0.15) is 11.9 Å². The number of aryl methyl sites for hydroxylation is 1. The van der Waals surface area contributed by atoms with Gasteiger partial charge in [-0.25, -0.2) is 24.1 Å². The Morgan fingerprint density at radius 3 is 2.37 bits per heavy atom. The van der Waals surface area contributed by atoms with Crippen LogP contribution in [0, 0.1) is 18.7 Å². The van der Waals surface area contributed by atoms with Crippen LogP contribution in [0.5, 0.6) is 5.88 Å². The first-order valence-corrected chi connectivity index (χ1v) is 14.3. The molecule has 3 atom stereocenters. The molecule has 0 unspecified atom stereocenters. The molecule has 0 saturated carbocycles. The molecule has 2 fully saturated rings. The van der Waals surface area contributed by atoms with Gasteiger partial charge < -0.3 is 25.0 Å². The summed E-state index contributed by atoms with van der Waals surface area (Å²) in [4.78, 5) is 29.6. The topological polar surface area (TPSA) is 107 Å². The van der Waals surface area contributed by atoms with Gasteiger partial charge in [-0.3, -0.25) is 0 Å². The zero-order valence-corrected chi connectivity index (χ0v) is 24.2. The number of rotatable bonds is 7. The van der Waals surface area contributed by atoms with Crippen LogP contribution in [0.3, 0.4) is 0 Å². The van der Waals surface area contributed by atoms with Gasteiger partial charge in [0.25, 0.3) is 0 Å². The van der Waals surface area contributed by atoms with Crippen molar-refractivity contribution < 1.29 is 18.7 Å². The Hall–Kier alpha value is -3.79. The second-order valence-corrected chi connectivity index (χ2v) is 11.4. The predicted molar refractivity (Wildman–Crippen MR) is 155 cm³/mol. The van der Waals surface area contributed by atoms with Gasteiger partial charge in [-0.15, -0.1) is 0 Å². The average molecular weight is 563 g/mol. The van der Waals surface area contributed by atoms with Crippen molar-refractivity contribution in [1.82, 2.24) is 19.9 Å². The minimum atomic E-state index is -0.243. The number of aromatic nitrogens is 3. The molecule has 2 aliphatic heterocycles. The number of carbonyl (C=O) groups excluding carboxylic acids is 1. The molecule has 0 aliphatic carbocycles. The molecule has 3 aromatic rings. The van der Waals surface area contributed by atoms with E-state index in [1.165, 1.54) is 6.07 Å². The third-order valence-corrected chi connectivity index (χ3v) is 8.01. The molecule has 2 saturated heterocycles. The molecule has 5 rings (SSSR count). The highest BCUT2D eigenvalue weighted by Crippen LogP contribution is 2.31. The minimum absolute atomic E-state index is 0.0248. The van der Waals surface area contributed by atoms with Gasteiger partial charge in [-0.05, 0) is 64.2 Å². The van der Waals surface area contributed by atoms with Gasteiger partial charge in [0.2, 0.25) is 11.8 Å². The van der Waals surface area contributed by atoms with Crippen LogP contribution in [0.15, 0.2) is 48.9 Å². The van der Waals surface area contributed by atoms with Crippen molar-refractivity contribution in [1.29, 1.82) is 0 Å². The van der Waals surface area contributed by atoms with E-state index in [2.05, 4.69) is 21.9 Å². The third kappa shape index (κ3) is 6.75. The van der Waals surface area contributed by atoms with E-state index in [-0.39, 0.29) is 36.1 Å². The molecule has 41 heavy (non-hydrogen) atoms. The predicted octanol–water partition coefficient (Wildman–Crippen LogP) is 4.94. The Morgan fingerprint density at radius 1 is 1.00 bits per heavy atom. The molecule has 2 aromatic heterocycles. The maximum Gasteiger partial charge on any atom is 0.410 e. The lowest BCUT2D eigenvalue weighted by Crippen LogP contribution is -2.42. The van der Waals surface area contributed by atoms with Gasteiger partial charge in [0, 0.05) is 73.9 Å². The number of ether oxygens (including phenoxy) is 2. The summed E-state index contributed by atoms with van der Waals surface area (Å²) in [7, 11) is 0. The number of nitrogens with two attached hydrogens (primary N) is 1. The van der Waals surface area contributed by atoms with Crippen molar-refractivity contribution >= 4 is 12.0 Å². The lowest BCUT2D eigenvalue weighted by atomic mass is 9.92. The maximum atomic E-state index is 14.5. The van der Waals surface area contributed by atoms with Crippen LogP contribution in [0.2, 0.25) is 0 Å². The van der Waals surface area contributed by atoms with Crippen molar-refractivity contribution in [3.63, 3.8) is 0 Å². The van der Waals surface area contributed by atoms with Crippen LogP contribution in [0.25, 0.3) is 11.1 Å². The number of amides is 1. The highest BCUT2D eigenvalue weighted by Gasteiger charge is 2.34. The first-order valence-electron chi connectivity index (χ1n) is 14.3. The number of pyridine rings is 1. The number of likely N-dealkylation sites (tertiary alicyclic amines) is 1. The third-order valence-electron chi connectivity index (χ3n) is 8.01. The van der Waals surface area contributed by atoms with Crippen LogP contribution < -0.4 is 15.4 Å². The normalized spacial score (nSPS) is 20.4. The first kappa shape index (κ1) is 28.7. The van der Waals surface area contributed by atoms with E-state index in [4.69, 9.17) is 15.2 Å². The average Bonchev–Trinajstić information content (AvgIpc) is 3.35. The van der Waals surface area contributed by atoms with E-state index in [9.17, 15) is 9.18 Å². The van der Waals surface area contributed by atoms with E-state index in [0.29, 0.717) is 49.5 Å². The molecule has 1 amide bonds. The second kappa shape index (κ2) is 12.4. The summed E-state index contributed by atoms with van der Waals surface area (Å²) in [5, 5.41) is 0. The molecule has 0 spiro atoms.